The average molecular weight is 238 g/mol. The minimum absolute atomic E-state index is 0.543. The summed E-state index contributed by atoms with van der Waals surface area (Å²) in [5.41, 5.74) is 1.68. The Kier molecular flexibility index (Phi) is 4.93. The molecular weight excluding hydrogens is 220 g/mol. The van der Waals surface area contributed by atoms with Crippen LogP contribution in [-0.2, 0) is 16.1 Å². The van der Waals surface area contributed by atoms with Crippen LogP contribution in [0.5, 0.6) is 0 Å². The molecule has 5 nitrogen and oxygen atoms in total. The molecule has 0 saturated heterocycles. The SMILES string of the molecule is COC(=O)N(OC)c1ccccc1CN(C)C. The van der Waals surface area contributed by atoms with Gasteiger partial charge in [0, 0.05) is 6.54 Å². The number of carbonyl (C=O) groups is 1. The predicted molar refractivity (Wildman–Crippen MR) is 65.7 cm³/mol. The molecule has 5 heteroatoms. The molecule has 0 N–H and O–H groups in total. The number of hydrogen-bond donors (Lipinski definition) is 0. The van der Waals surface area contributed by atoms with E-state index in [0.29, 0.717) is 12.2 Å². The van der Waals surface area contributed by atoms with Crippen LogP contribution in [0.1, 0.15) is 5.56 Å². The maximum atomic E-state index is 11.5. The molecule has 0 bridgehead atoms. The molecule has 0 aromatic heterocycles. The Bertz CT molecular complexity index is 380. The molecule has 0 aliphatic heterocycles. The summed E-state index contributed by atoms with van der Waals surface area (Å²) in [5.74, 6) is 0. The number of methoxy groups -OCH3 is 1. The topological polar surface area (TPSA) is 42.0 Å². The molecule has 1 aromatic rings. The van der Waals surface area contributed by atoms with E-state index in [9.17, 15) is 4.79 Å². The molecule has 0 heterocycles. The molecule has 0 fully saturated rings. The number of anilines is 1. The lowest BCUT2D eigenvalue weighted by atomic mass is 10.1. The van der Waals surface area contributed by atoms with Crippen LogP contribution in [0, 0.1) is 0 Å². The Labute approximate surface area is 101 Å². The average Bonchev–Trinajstić information content (AvgIpc) is 2.31. The Morgan fingerprint density at radius 2 is 1.88 bits per heavy atom. The van der Waals surface area contributed by atoms with Crippen molar-refractivity contribution in [2.45, 2.75) is 6.54 Å². The minimum atomic E-state index is -0.543. The van der Waals surface area contributed by atoms with Gasteiger partial charge in [-0.1, -0.05) is 18.2 Å². The second-order valence-corrected chi connectivity index (χ2v) is 3.81. The van der Waals surface area contributed by atoms with Crippen molar-refractivity contribution in [3.63, 3.8) is 0 Å². The molecule has 0 radical (unpaired) electrons. The van der Waals surface area contributed by atoms with Crippen molar-refractivity contribution in [3.8, 4) is 0 Å². The number of rotatable bonds is 4. The third-order valence-electron chi connectivity index (χ3n) is 2.22. The summed E-state index contributed by atoms with van der Waals surface area (Å²) in [6, 6.07) is 7.54. The highest BCUT2D eigenvalue weighted by molar-refractivity contribution is 5.86. The first kappa shape index (κ1) is 13.5. The first-order valence-electron chi connectivity index (χ1n) is 5.25. The van der Waals surface area contributed by atoms with Crippen LogP contribution in [0.2, 0.25) is 0 Å². The maximum Gasteiger partial charge on any atom is 0.438 e. The van der Waals surface area contributed by atoms with E-state index in [0.717, 1.165) is 10.6 Å². The molecule has 1 aromatic carbocycles. The van der Waals surface area contributed by atoms with E-state index in [1.165, 1.54) is 14.2 Å². The first-order chi connectivity index (χ1) is 8.10. The monoisotopic (exact) mass is 238 g/mol. The largest absolute Gasteiger partial charge is 0.451 e. The second-order valence-electron chi connectivity index (χ2n) is 3.81. The molecule has 94 valence electrons. The Balaban J connectivity index is 3.05. The molecular formula is C12H18N2O3. The van der Waals surface area contributed by atoms with Crippen LogP contribution < -0.4 is 5.06 Å². The summed E-state index contributed by atoms with van der Waals surface area (Å²) >= 11 is 0. The van der Waals surface area contributed by atoms with E-state index in [2.05, 4.69) is 4.74 Å². The Hall–Kier alpha value is -1.59. The van der Waals surface area contributed by atoms with E-state index in [1.807, 2.05) is 43.3 Å². The number of hydroxylamine groups is 1. The zero-order valence-corrected chi connectivity index (χ0v) is 10.6. The third-order valence-corrected chi connectivity index (χ3v) is 2.22. The number of benzene rings is 1. The molecule has 0 unspecified atom stereocenters. The molecule has 0 aliphatic carbocycles. The normalized spacial score (nSPS) is 10.4. The van der Waals surface area contributed by atoms with Crippen LogP contribution >= 0.6 is 0 Å². The molecule has 0 aliphatic rings. The summed E-state index contributed by atoms with van der Waals surface area (Å²) in [4.78, 5) is 18.6. The van der Waals surface area contributed by atoms with Gasteiger partial charge in [0.25, 0.3) is 0 Å². The van der Waals surface area contributed by atoms with Crippen molar-refractivity contribution in [2.24, 2.45) is 0 Å². The van der Waals surface area contributed by atoms with Gasteiger partial charge >= 0.3 is 6.09 Å². The van der Waals surface area contributed by atoms with Gasteiger partial charge in [0.2, 0.25) is 0 Å². The van der Waals surface area contributed by atoms with E-state index in [-0.39, 0.29) is 0 Å². The van der Waals surface area contributed by atoms with Gasteiger partial charge in [0.1, 0.15) is 0 Å². The van der Waals surface area contributed by atoms with Crippen molar-refractivity contribution in [3.05, 3.63) is 29.8 Å². The molecule has 17 heavy (non-hydrogen) atoms. The number of para-hydroxylation sites is 1. The number of ether oxygens (including phenoxy) is 1. The van der Waals surface area contributed by atoms with E-state index >= 15 is 0 Å². The predicted octanol–water partition coefficient (Wildman–Crippen LogP) is 1.88. The van der Waals surface area contributed by atoms with Crippen LogP contribution in [0.4, 0.5) is 10.5 Å². The van der Waals surface area contributed by atoms with Gasteiger partial charge in [-0.15, -0.1) is 0 Å². The fourth-order valence-electron chi connectivity index (χ4n) is 1.54. The molecule has 1 amide bonds. The third kappa shape index (κ3) is 3.44. The van der Waals surface area contributed by atoms with Crippen LogP contribution in [0.25, 0.3) is 0 Å². The van der Waals surface area contributed by atoms with Gasteiger partial charge < -0.3 is 9.64 Å². The number of nitrogens with zero attached hydrogens (tertiary/aromatic N) is 2. The highest BCUT2D eigenvalue weighted by atomic mass is 16.7. The van der Waals surface area contributed by atoms with Gasteiger partial charge in [-0.25, -0.2) is 4.79 Å². The van der Waals surface area contributed by atoms with E-state index in [4.69, 9.17) is 4.84 Å². The van der Waals surface area contributed by atoms with Crippen LogP contribution in [0.3, 0.4) is 0 Å². The lowest BCUT2D eigenvalue weighted by Crippen LogP contribution is -2.31. The zero-order chi connectivity index (χ0) is 12.8. The van der Waals surface area contributed by atoms with E-state index < -0.39 is 6.09 Å². The zero-order valence-electron chi connectivity index (χ0n) is 10.6. The lowest BCUT2D eigenvalue weighted by Gasteiger charge is -2.22. The van der Waals surface area contributed by atoms with Crippen molar-refractivity contribution >= 4 is 11.8 Å². The van der Waals surface area contributed by atoms with Gasteiger partial charge in [0.15, 0.2) is 0 Å². The summed E-state index contributed by atoms with van der Waals surface area (Å²) in [6.07, 6.45) is -0.543. The quantitative estimate of drug-likeness (QED) is 0.751. The van der Waals surface area contributed by atoms with Crippen LogP contribution in [-0.4, -0.2) is 39.3 Å². The van der Waals surface area contributed by atoms with Crippen molar-refractivity contribution in [1.82, 2.24) is 4.90 Å². The fourth-order valence-corrected chi connectivity index (χ4v) is 1.54. The molecule has 0 spiro atoms. The molecule has 0 atom stereocenters. The molecule has 0 saturated carbocycles. The van der Waals surface area contributed by atoms with Crippen molar-refractivity contribution in [1.29, 1.82) is 0 Å². The van der Waals surface area contributed by atoms with Gasteiger partial charge in [-0.2, -0.15) is 5.06 Å². The molecule has 1 rings (SSSR count). The highest BCUT2D eigenvalue weighted by Crippen LogP contribution is 2.22. The number of carbonyl (C=O) groups excluding carboxylic acids is 1. The smallest absolute Gasteiger partial charge is 0.438 e. The number of amides is 1. The summed E-state index contributed by atoms with van der Waals surface area (Å²) in [5, 5.41) is 1.14. The van der Waals surface area contributed by atoms with Gasteiger partial charge in [-0.05, 0) is 25.7 Å². The van der Waals surface area contributed by atoms with Crippen LogP contribution in [0.15, 0.2) is 24.3 Å². The van der Waals surface area contributed by atoms with Gasteiger partial charge in [0.05, 0.1) is 19.9 Å². The maximum absolute atomic E-state index is 11.5. The fraction of sp³-hybridized carbons (Fsp3) is 0.417. The first-order valence-corrected chi connectivity index (χ1v) is 5.25. The van der Waals surface area contributed by atoms with Gasteiger partial charge in [-0.3, -0.25) is 4.84 Å². The highest BCUT2D eigenvalue weighted by Gasteiger charge is 2.19. The Morgan fingerprint density at radius 3 is 2.41 bits per heavy atom. The minimum Gasteiger partial charge on any atom is -0.451 e. The summed E-state index contributed by atoms with van der Waals surface area (Å²) in [7, 11) is 6.68. The van der Waals surface area contributed by atoms with Crippen molar-refractivity contribution < 1.29 is 14.4 Å². The number of hydrogen-bond acceptors (Lipinski definition) is 4. The van der Waals surface area contributed by atoms with Crippen molar-refractivity contribution in [2.75, 3.05) is 33.4 Å². The lowest BCUT2D eigenvalue weighted by molar-refractivity contribution is 0.115. The van der Waals surface area contributed by atoms with E-state index in [1.54, 1.807) is 0 Å². The summed E-state index contributed by atoms with van der Waals surface area (Å²) < 4.78 is 4.67. The standard InChI is InChI=1S/C12H18N2O3/c1-13(2)9-10-7-5-6-8-11(10)14(17-4)12(15)16-3/h5-8H,9H2,1-4H3. The Morgan fingerprint density at radius 1 is 1.24 bits per heavy atom. The summed E-state index contributed by atoms with van der Waals surface area (Å²) in [6.45, 7) is 0.715. The second kappa shape index (κ2) is 6.22.